The Bertz CT molecular complexity index is 555. The van der Waals surface area contributed by atoms with E-state index < -0.39 is 0 Å². The summed E-state index contributed by atoms with van der Waals surface area (Å²) in [5.41, 5.74) is 0.797. The summed E-state index contributed by atoms with van der Waals surface area (Å²) in [5.74, 6) is 3.26. The van der Waals surface area contributed by atoms with E-state index in [0.29, 0.717) is 12.4 Å². The van der Waals surface area contributed by atoms with E-state index >= 15 is 0 Å². The summed E-state index contributed by atoms with van der Waals surface area (Å²) >= 11 is 3.44. The number of hydrogen-bond donors (Lipinski definition) is 1. The first-order valence-corrected chi connectivity index (χ1v) is 6.24. The van der Waals surface area contributed by atoms with Crippen LogP contribution >= 0.6 is 15.9 Å². The highest BCUT2D eigenvalue weighted by atomic mass is 79.9. The highest BCUT2D eigenvalue weighted by molar-refractivity contribution is 9.10. The van der Waals surface area contributed by atoms with Gasteiger partial charge in [-0.3, -0.25) is 0 Å². The smallest absolute Gasteiger partial charge is 0.243 e. The number of anilines is 1. The highest BCUT2D eigenvalue weighted by Crippen LogP contribution is 2.17. The molecule has 0 bridgehead atoms. The summed E-state index contributed by atoms with van der Waals surface area (Å²) < 4.78 is 2.65. The van der Waals surface area contributed by atoms with Gasteiger partial charge in [-0.15, -0.1) is 17.4 Å². The second-order valence-electron chi connectivity index (χ2n) is 3.72. The zero-order valence-electron chi connectivity index (χ0n) is 9.52. The van der Waals surface area contributed by atoms with Gasteiger partial charge < -0.3 is 5.32 Å². The van der Waals surface area contributed by atoms with E-state index in [1.807, 2.05) is 18.3 Å². The molecule has 0 saturated carbocycles. The first-order chi connectivity index (χ1) is 8.24. The molecule has 0 amide bonds. The Labute approximate surface area is 109 Å². The number of rotatable bonds is 4. The van der Waals surface area contributed by atoms with Crippen LogP contribution in [0.15, 0.2) is 22.8 Å². The average Bonchev–Trinajstić information content (AvgIpc) is 2.72. The topological polar surface area (TPSA) is 42.2 Å². The van der Waals surface area contributed by atoms with Crippen molar-refractivity contribution in [3.63, 3.8) is 0 Å². The Morgan fingerprint density at radius 2 is 2.47 bits per heavy atom. The summed E-state index contributed by atoms with van der Waals surface area (Å²) in [5, 5.41) is 7.58. The minimum Gasteiger partial charge on any atom is -0.349 e. The molecule has 1 unspecified atom stereocenters. The van der Waals surface area contributed by atoms with Crippen molar-refractivity contribution in [3.05, 3.63) is 22.8 Å². The van der Waals surface area contributed by atoms with Crippen molar-refractivity contribution < 1.29 is 0 Å². The van der Waals surface area contributed by atoms with Crippen molar-refractivity contribution in [3.8, 4) is 12.3 Å². The number of aromatic nitrogens is 3. The maximum Gasteiger partial charge on any atom is 0.243 e. The second-order valence-corrected chi connectivity index (χ2v) is 4.57. The average molecular weight is 293 g/mol. The van der Waals surface area contributed by atoms with Crippen LogP contribution in [-0.4, -0.2) is 20.6 Å². The molecule has 0 radical (unpaired) electrons. The molecule has 4 nitrogen and oxygen atoms in total. The lowest BCUT2D eigenvalue weighted by atomic mass is 10.2. The van der Waals surface area contributed by atoms with E-state index in [1.165, 1.54) is 0 Å². The lowest BCUT2D eigenvalue weighted by Gasteiger charge is -2.11. The van der Waals surface area contributed by atoms with Gasteiger partial charge in [-0.1, -0.05) is 6.92 Å². The third-order valence-corrected chi connectivity index (χ3v) is 3.12. The quantitative estimate of drug-likeness (QED) is 0.881. The van der Waals surface area contributed by atoms with Crippen molar-refractivity contribution in [1.29, 1.82) is 0 Å². The molecule has 0 aliphatic rings. The predicted molar refractivity (Wildman–Crippen MR) is 71.8 cm³/mol. The van der Waals surface area contributed by atoms with Crippen molar-refractivity contribution in [2.45, 2.75) is 25.8 Å². The summed E-state index contributed by atoms with van der Waals surface area (Å²) in [6, 6.07) is 4.07. The van der Waals surface area contributed by atoms with Gasteiger partial charge in [-0.25, -0.2) is 4.52 Å². The maximum atomic E-state index is 5.31. The van der Waals surface area contributed by atoms with E-state index in [2.05, 4.69) is 44.2 Å². The van der Waals surface area contributed by atoms with Crippen LogP contribution in [0.2, 0.25) is 0 Å². The van der Waals surface area contributed by atoms with Crippen molar-refractivity contribution in [1.82, 2.24) is 14.6 Å². The minimum absolute atomic E-state index is 0.219. The van der Waals surface area contributed by atoms with E-state index in [-0.39, 0.29) is 6.04 Å². The molecule has 88 valence electrons. The number of nitrogens with zero attached hydrogens (tertiary/aromatic N) is 3. The SMILES string of the molecule is C#CCC(CC)Nc1nc2c(Br)cccn2n1. The number of terminal acetylenes is 1. The molecular weight excluding hydrogens is 280 g/mol. The number of hydrogen-bond acceptors (Lipinski definition) is 3. The van der Waals surface area contributed by atoms with Crippen LogP contribution in [0, 0.1) is 12.3 Å². The van der Waals surface area contributed by atoms with Gasteiger partial charge in [0.2, 0.25) is 5.95 Å². The fraction of sp³-hybridized carbons (Fsp3) is 0.333. The van der Waals surface area contributed by atoms with Crippen LogP contribution in [0.25, 0.3) is 5.65 Å². The third-order valence-electron chi connectivity index (χ3n) is 2.50. The van der Waals surface area contributed by atoms with Crippen LogP contribution < -0.4 is 5.32 Å². The Morgan fingerprint density at radius 1 is 1.65 bits per heavy atom. The molecule has 5 heteroatoms. The standard InChI is InChI=1S/C12H13BrN4/c1-3-6-9(4-2)14-12-15-11-10(13)7-5-8-17(11)16-12/h1,5,7-9H,4,6H2,2H3,(H,14,16). The van der Waals surface area contributed by atoms with Gasteiger partial charge in [0.1, 0.15) is 0 Å². The Balaban J connectivity index is 2.25. The number of fused-ring (bicyclic) bond motifs is 1. The number of pyridine rings is 1. The van der Waals surface area contributed by atoms with Gasteiger partial charge >= 0.3 is 0 Å². The van der Waals surface area contributed by atoms with Gasteiger partial charge in [-0.05, 0) is 34.5 Å². The molecule has 0 spiro atoms. The van der Waals surface area contributed by atoms with Crippen LogP contribution in [0.4, 0.5) is 5.95 Å². The predicted octanol–water partition coefficient (Wildman–Crippen LogP) is 2.71. The maximum absolute atomic E-state index is 5.31. The van der Waals surface area contributed by atoms with Crippen LogP contribution in [0.5, 0.6) is 0 Å². The lowest BCUT2D eigenvalue weighted by molar-refractivity contribution is 0.706. The molecule has 2 aromatic heterocycles. The highest BCUT2D eigenvalue weighted by Gasteiger charge is 2.10. The fourth-order valence-corrected chi connectivity index (χ4v) is 1.98. The molecule has 1 N–H and O–H groups in total. The van der Waals surface area contributed by atoms with E-state index in [4.69, 9.17) is 6.42 Å². The largest absolute Gasteiger partial charge is 0.349 e. The first kappa shape index (κ1) is 11.9. The Kier molecular flexibility index (Phi) is 3.64. The molecule has 0 aromatic carbocycles. The zero-order valence-corrected chi connectivity index (χ0v) is 11.1. The lowest BCUT2D eigenvalue weighted by Crippen LogP contribution is -2.18. The first-order valence-electron chi connectivity index (χ1n) is 5.45. The molecule has 2 heterocycles. The van der Waals surface area contributed by atoms with Gasteiger partial charge in [0.15, 0.2) is 5.65 Å². The number of nitrogens with one attached hydrogen (secondary N) is 1. The van der Waals surface area contributed by atoms with E-state index in [9.17, 15) is 0 Å². The molecule has 0 aliphatic heterocycles. The van der Waals surface area contributed by atoms with Crippen molar-refractivity contribution in [2.75, 3.05) is 5.32 Å². The van der Waals surface area contributed by atoms with Crippen molar-refractivity contribution in [2.24, 2.45) is 0 Å². The van der Waals surface area contributed by atoms with Crippen LogP contribution in [0.1, 0.15) is 19.8 Å². The molecule has 0 saturated heterocycles. The van der Waals surface area contributed by atoms with Gasteiger partial charge in [-0.2, -0.15) is 4.98 Å². The Hall–Kier alpha value is -1.54. The van der Waals surface area contributed by atoms with E-state index in [0.717, 1.165) is 16.5 Å². The number of halogens is 1. The molecule has 2 aromatic rings. The summed E-state index contributed by atoms with van der Waals surface area (Å²) in [4.78, 5) is 4.41. The molecule has 2 rings (SSSR count). The van der Waals surface area contributed by atoms with Gasteiger partial charge in [0.05, 0.1) is 4.47 Å². The summed E-state index contributed by atoms with van der Waals surface area (Å²) in [6.07, 6.45) is 8.80. The summed E-state index contributed by atoms with van der Waals surface area (Å²) in [7, 11) is 0. The minimum atomic E-state index is 0.219. The van der Waals surface area contributed by atoms with Crippen LogP contribution in [0.3, 0.4) is 0 Å². The van der Waals surface area contributed by atoms with Crippen molar-refractivity contribution >= 4 is 27.5 Å². The van der Waals surface area contributed by atoms with Gasteiger partial charge in [0.25, 0.3) is 0 Å². The molecule has 0 fully saturated rings. The Morgan fingerprint density at radius 3 is 3.12 bits per heavy atom. The van der Waals surface area contributed by atoms with E-state index in [1.54, 1.807) is 4.52 Å². The van der Waals surface area contributed by atoms with Crippen LogP contribution in [-0.2, 0) is 0 Å². The zero-order chi connectivity index (χ0) is 12.3. The van der Waals surface area contributed by atoms with Gasteiger partial charge in [0, 0.05) is 18.7 Å². The molecule has 1 atom stereocenters. The fourth-order valence-electron chi connectivity index (χ4n) is 1.56. The molecule has 17 heavy (non-hydrogen) atoms. The second kappa shape index (κ2) is 5.19. The normalized spacial score (nSPS) is 12.3. The monoisotopic (exact) mass is 292 g/mol. The summed E-state index contributed by atoms with van der Waals surface area (Å²) in [6.45, 7) is 2.08. The molecular formula is C12H13BrN4. The third kappa shape index (κ3) is 2.59. The molecule has 0 aliphatic carbocycles.